The lowest BCUT2D eigenvalue weighted by atomic mass is 9.91. The molecule has 29 heavy (non-hydrogen) atoms. The van der Waals surface area contributed by atoms with Gasteiger partial charge in [-0.2, -0.15) is 0 Å². The highest BCUT2D eigenvalue weighted by Gasteiger charge is 2.31. The number of aromatic nitrogens is 1. The first-order valence-corrected chi connectivity index (χ1v) is 9.99. The maximum Gasteiger partial charge on any atom is 0.341 e. The molecule has 1 saturated carbocycles. The summed E-state index contributed by atoms with van der Waals surface area (Å²) in [7, 11) is 1.56. The van der Waals surface area contributed by atoms with E-state index >= 15 is 0 Å². The highest BCUT2D eigenvalue weighted by Crippen LogP contribution is 2.43. The average molecular weight is 402 g/mol. The molecular weight excluding hydrogens is 376 g/mol. The van der Waals surface area contributed by atoms with Crippen LogP contribution < -0.4 is 15.1 Å². The molecule has 3 N–H and O–H groups in total. The van der Waals surface area contributed by atoms with E-state index in [4.69, 9.17) is 4.74 Å². The second-order valence-electron chi connectivity index (χ2n) is 7.90. The minimum Gasteiger partial charge on any atom is -0.492 e. The summed E-state index contributed by atoms with van der Waals surface area (Å²) in [5.41, 5.74) is 0.769. The van der Waals surface area contributed by atoms with Gasteiger partial charge in [-0.25, -0.2) is 4.79 Å². The third-order valence-corrected chi connectivity index (χ3v) is 6.11. The van der Waals surface area contributed by atoms with E-state index in [1.54, 1.807) is 13.2 Å². The van der Waals surface area contributed by atoms with Crippen molar-refractivity contribution in [2.75, 3.05) is 31.7 Å². The van der Waals surface area contributed by atoms with E-state index in [1.165, 1.54) is 6.20 Å². The van der Waals surface area contributed by atoms with Crippen molar-refractivity contribution in [2.24, 2.45) is 5.92 Å². The first kappa shape index (κ1) is 19.7. The van der Waals surface area contributed by atoms with Gasteiger partial charge < -0.3 is 29.5 Å². The number of fused-ring (bicyclic) bond motifs is 1. The van der Waals surface area contributed by atoms with E-state index in [0.717, 1.165) is 31.4 Å². The fraction of sp³-hybridized carbons (Fsp3) is 0.524. The van der Waals surface area contributed by atoms with Crippen LogP contribution in [-0.2, 0) is 0 Å². The molecule has 0 bridgehead atoms. The number of nitrogens with zero attached hydrogens (tertiary/aromatic N) is 2. The largest absolute Gasteiger partial charge is 0.492 e. The number of aromatic carboxylic acids is 1. The van der Waals surface area contributed by atoms with E-state index in [1.807, 2.05) is 10.6 Å². The SMILES string of the molecule is COc1c(N2CCC(C(O)CO)CC2)ccc2c(=O)c(C(=O)O)cn(C3CC3)c12. The number of hydrogen-bond donors (Lipinski definition) is 3. The molecule has 2 aliphatic rings. The Kier molecular flexibility index (Phi) is 5.23. The first-order valence-electron chi connectivity index (χ1n) is 9.99. The third-order valence-electron chi connectivity index (χ3n) is 6.11. The maximum atomic E-state index is 12.8. The van der Waals surface area contributed by atoms with Crippen LogP contribution in [-0.4, -0.2) is 58.8 Å². The summed E-state index contributed by atoms with van der Waals surface area (Å²) in [4.78, 5) is 26.5. The number of hydrogen-bond acceptors (Lipinski definition) is 6. The predicted octanol–water partition coefficient (Wildman–Crippen LogP) is 1.61. The molecule has 4 rings (SSSR count). The second-order valence-corrected chi connectivity index (χ2v) is 7.90. The monoisotopic (exact) mass is 402 g/mol. The minimum atomic E-state index is -1.22. The van der Waals surface area contributed by atoms with Gasteiger partial charge in [0.05, 0.1) is 36.4 Å². The van der Waals surface area contributed by atoms with Crippen LogP contribution in [0.4, 0.5) is 5.69 Å². The molecular formula is C21H26N2O6. The molecule has 2 fully saturated rings. The van der Waals surface area contributed by atoms with Crippen LogP contribution in [0.25, 0.3) is 10.9 Å². The molecule has 1 aliphatic carbocycles. The zero-order valence-electron chi connectivity index (χ0n) is 16.4. The van der Waals surface area contributed by atoms with Crippen LogP contribution in [0.5, 0.6) is 5.75 Å². The third kappa shape index (κ3) is 3.47. The lowest BCUT2D eigenvalue weighted by Gasteiger charge is -2.36. The highest BCUT2D eigenvalue weighted by molar-refractivity contribution is 5.97. The number of carboxylic acid groups (broad SMARTS) is 1. The van der Waals surface area contributed by atoms with Gasteiger partial charge in [0.15, 0.2) is 5.75 Å². The van der Waals surface area contributed by atoms with Gasteiger partial charge in [-0.1, -0.05) is 0 Å². The summed E-state index contributed by atoms with van der Waals surface area (Å²) in [5.74, 6) is -0.589. The van der Waals surface area contributed by atoms with Crippen molar-refractivity contribution in [1.82, 2.24) is 4.57 Å². The molecule has 1 aliphatic heterocycles. The number of carbonyl (C=O) groups is 1. The van der Waals surface area contributed by atoms with Gasteiger partial charge in [-0.15, -0.1) is 0 Å². The van der Waals surface area contributed by atoms with Crippen molar-refractivity contribution in [2.45, 2.75) is 37.8 Å². The molecule has 0 amide bonds. The summed E-state index contributed by atoms with van der Waals surface area (Å²) in [6, 6.07) is 3.68. The quantitative estimate of drug-likeness (QED) is 0.673. The number of methoxy groups -OCH3 is 1. The molecule has 1 saturated heterocycles. The van der Waals surface area contributed by atoms with Gasteiger partial charge >= 0.3 is 5.97 Å². The molecule has 1 aromatic carbocycles. The maximum absolute atomic E-state index is 12.8. The van der Waals surface area contributed by atoms with E-state index in [0.29, 0.717) is 29.7 Å². The molecule has 1 unspecified atom stereocenters. The fourth-order valence-electron chi connectivity index (χ4n) is 4.32. The number of piperidine rings is 1. The summed E-state index contributed by atoms with van der Waals surface area (Å²) in [6.07, 6.45) is 4.11. The Labute approximate surface area is 167 Å². The Hall–Kier alpha value is -2.58. The molecule has 1 aromatic heterocycles. The number of anilines is 1. The second kappa shape index (κ2) is 7.68. The predicted molar refractivity (Wildman–Crippen MR) is 108 cm³/mol. The van der Waals surface area contributed by atoms with Gasteiger partial charge in [-0.05, 0) is 43.7 Å². The van der Waals surface area contributed by atoms with Crippen molar-refractivity contribution < 1.29 is 24.9 Å². The first-order chi connectivity index (χ1) is 14.0. The normalized spacial score (nSPS) is 18.8. The Balaban J connectivity index is 1.79. The standard InChI is InChI=1S/C21H26N2O6/c1-29-20-16(22-8-6-12(7-9-22)17(25)11-24)5-4-14-18(20)23(13-2-3-13)10-15(19(14)26)21(27)28/h4-5,10,12-13,17,24-25H,2-3,6-9,11H2,1H3,(H,27,28). The zero-order valence-corrected chi connectivity index (χ0v) is 16.4. The number of aliphatic hydroxyl groups excluding tert-OH is 2. The summed E-state index contributed by atoms with van der Waals surface area (Å²) in [6.45, 7) is 1.17. The number of aliphatic hydroxyl groups is 2. The van der Waals surface area contributed by atoms with Crippen LogP contribution >= 0.6 is 0 Å². The Morgan fingerprint density at radius 3 is 2.48 bits per heavy atom. The molecule has 0 radical (unpaired) electrons. The Morgan fingerprint density at radius 2 is 1.93 bits per heavy atom. The lowest BCUT2D eigenvalue weighted by Crippen LogP contribution is -2.39. The summed E-state index contributed by atoms with van der Waals surface area (Å²) >= 11 is 0. The van der Waals surface area contributed by atoms with Crippen molar-refractivity contribution >= 4 is 22.6 Å². The van der Waals surface area contributed by atoms with Gasteiger partial charge in [0.2, 0.25) is 5.43 Å². The molecule has 2 heterocycles. The minimum absolute atomic E-state index is 0.0606. The number of ether oxygens (including phenoxy) is 1. The van der Waals surface area contributed by atoms with Crippen molar-refractivity contribution in [3.8, 4) is 5.75 Å². The van der Waals surface area contributed by atoms with Crippen molar-refractivity contribution in [3.63, 3.8) is 0 Å². The molecule has 156 valence electrons. The number of carboxylic acids is 1. The average Bonchev–Trinajstić information content (AvgIpc) is 3.57. The molecule has 0 spiro atoms. The Bertz CT molecular complexity index is 989. The fourth-order valence-corrected chi connectivity index (χ4v) is 4.32. The Morgan fingerprint density at radius 1 is 1.24 bits per heavy atom. The van der Waals surface area contributed by atoms with Crippen LogP contribution in [0, 0.1) is 5.92 Å². The number of pyridine rings is 1. The van der Waals surface area contributed by atoms with Gasteiger partial charge in [0, 0.05) is 25.3 Å². The van der Waals surface area contributed by atoms with E-state index in [9.17, 15) is 24.9 Å². The van der Waals surface area contributed by atoms with Crippen molar-refractivity contribution in [1.29, 1.82) is 0 Å². The van der Waals surface area contributed by atoms with E-state index in [2.05, 4.69) is 4.90 Å². The molecule has 1 atom stereocenters. The zero-order chi connectivity index (χ0) is 20.7. The molecule has 8 nitrogen and oxygen atoms in total. The summed E-state index contributed by atoms with van der Waals surface area (Å²) in [5, 5.41) is 28.9. The summed E-state index contributed by atoms with van der Waals surface area (Å²) < 4.78 is 7.62. The van der Waals surface area contributed by atoms with E-state index < -0.39 is 17.5 Å². The van der Waals surface area contributed by atoms with E-state index in [-0.39, 0.29) is 24.1 Å². The van der Waals surface area contributed by atoms with Crippen LogP contribution in [0.2, 0.25) is 0 Å². The van der Waals surface area contributed by atoms with Crippen LogP contribution in [0.1, 0.15) is 42.1 Å². The smallest absolute Gasteiger partial charge is 0.341 e. The highest BCUT2D eigenvalue weighted by atomic mass is 16.5. The lowest BCUT2D eigenvalue weighted by molar-refractivity contribution is 0.0376. The molecule has 2 aromatic rings. The number of benzene rings is 1. The van der Waals surface area contributed by atoms with Gasteiger partial charge in [0.1, 0.15) is 5.56 Å². The van der Waals surface area contributed by atoms with Gasteiger partial charge in [0.25, 0.3) is 0 Å². The topological polar surface area (TPSA) is 112 Å². The number of rotatable bonds is 6. The van der Waals surface area contributed by atoms with Gasteiger partial charge in [-0.3, -0.25) is 4.79 Å². The van der Waals surface area contributed by atoms with Crippen LogP contribution in [0.3, 0.4) is 0 Å². The van der Waals surface area contributed by atoms with Crippen molar-refractivity contribution in [3.05, 3.63) is 34.1 Å². The molecule has 8 heteroatoms. The van der Waals surface area contributed by atoms with Crippen LogP contribution in [0.15, 0.2) is 23.1 Å².